The number of rotatable bonds is 7. The van der Waals surface area contributed by atoms with Gasteiger partial charge in [-0.2, -0.15) is 0 Å². The van der Waals surface area contributed by atoms with Crippen LogP contribution in [0.25, 0.3) is 0 Å². The zero-order valence-corrected chi connectivity index (χ0v) is 16.7. The highest BCUT2D eigenvalue weighted by Gasteiger charge is 2.21. The summed E-state index contributed by atoms with van der Waals surface area (Å²) in [4.78, 5) is 21.4. The maximum atomic E-state index is 12.5. The van der Waals surface area contributed by atoms with Gasteiger partial charge in [0.25, 0.3) is 0 Å². The molecule has 2 aromatic rings. The molecule has 7 nitrogen and oxygen atoms in total. The largest absolute Gasteiger partial charge is 0.497 e. The summed E-state index contributed by atoms with van der Waals surface area (Å²) < 4.78 is 10.7. The van der Waals surface area contributed by atoms with Crippen LogP contribution >= 0.6 is 0 Å². The second-order valence-electron chi connectivity index (χ2n) is 6.85. The molecule has 1 aliphatic rings. The van der Waals surface area contributed by atoms with Crippen molar-refractivity contribution in [3.05, 3.63) is 48.2 Å². The molecule has 1 atom stereocenters. The summed E-state index contributed by atoms with van der Waals surface area (Å²) in [7, 11) is 3.25. The van der Waals surface area contributed by atoms with E-state index in [1.807, 2.05) is 49.5 Å². The molecule has 0 spiro atoms. The van der Waals surface area contributed by atoms with E-state index in [9.17, 15) is 4.79 Å². The summed E-state index contributed by atoms with van der Waals surface area (Å²) in [6.45, 7) is 5.73. The average Bonchev–Trinajstić information content (AvgIpc) is 2.74. The van der Waals surface area contributed by atoms with Crippen molar-refractivity contribution in [2.24, 2.45) is 0 Å². The Kier molecular flexibility index (Phi) is 6.71. The molecule has 150 valence electrons. The Morgan fingerprint density at radius 3 is 2.57 bits per heavy atom. The predicted octanol–water partition coefficient (Wildman–Crippen LogP) is 2.10. The van der Waals surface area contributed by atoms with E-state index in [4.69, 9.17) is 9.47 Å². The molecule has 1 N–H and O–H groups in total. The lowest BCUT2D eigenvalue weighted by molar-refractivity contribution is -0.123. The molecule has 7 heteroatoms. The van der Waals surface area contributed by atoms with Crippen molar-refractivity contribution in [2.75, 3.05) is 51.8 Å². The van der Waals surface area contributed by atoms with Gasteiger partial charge < -0.3 is 19.7 Å². The number of carbonyl (C=O) groups excluding carboxylic acids is 1. The maximum Gasteiger partial charge on any atom is 0.234 e. The van der Waals surface area contributed by atoms with Gasteiger partial charge in [0.15, 0.2) is 0 Å². The summed E-state index contributed by atoms with van der Waals surface area (Å²) in [5, 5.41) is 3.07. The van der Waals surface area contributed by atoms with Crippen molar-refractivity contribution in [1.82, 2.24) is 15.2 Å². The van der Waals surface area contributed by atoms with Crippen LogP contribution in [0.15, 0.2) is 42.6 Å². The van der Waals surface area contributed by atoms with E-state index in [-0.39, 0.29) is 11.9 Å². The number of hydrogen-bond donors (Lipinski definition) is 1. The van der Waals surface area contributed by atoms with Crippen LogP contribution in [0.5, 0.6) is 11.5 Å². The minimum atomic E-state index is -0.174. The number of hydrogen-bond acceptors (Lipinski definition) is 6. The van der Waals surface area contributed by atoms with Crippen molar-refractivity contribution in [3.63, 3.8) is 0 Å². The number of aromatic nitrogens is 1. The normalized spacial score (nSPS) is 15.8. The number of ether oxygens (including phenoxy) is 2. The van der Waals surface area contributed by atoms with Gasteiger partial charge in [-0.05, 0) is 37.3 Å². The third-order valence-corrected chi connectivity index (χ3v) is 4.99. The van der Waals surface area contributed by atoms with E-state index in [1.165, 1.54) is 0 Å². The smallest absolute Gasteiger partial charge is 0.234 e. The Labute approximate surface area is 166 Å². The van der Waals surface area contributed by atoms with Crippen molar-refractivity contribution in [1.29, 1.82) is 0 Å². The summed E-state index contributed by atoms with van der Waals surface area (Å²) >= 11 is 0. The molecule has 1 unspecified atom stereocenters. The van der Waals surface area contributed by atoms with Gasteiger partial charge in [-0.25, -0.2) is 4.98 Å². The Morgan fingerprint density at radius 2 is 1.93 bits per heavy atom. The second kappa shape index (κ2) is 9.41. The SMILES string of the molecule is COc1ccc(OC)c(C(C)NC(=O)CN2CCN(c3ccccn3)CC2)c1. The molecule has 1 aromatic heterocycles. The van der Waals surface area contributed by atoms with Crippen LogP contribution in [0, 0.1) is 0 Å². The van der Waals surface area contributed by atoms with Crippen LogP contribution in [0.4, 0.5) is 5.82 Å². The lowest BCUT2D eigenvalue weighted by Crippen LogP contribution is -2.49. The van der Waals surface area contributed by atoms with Crippen LogP contribution in [0.3, 0.4) is 0 Å². The number of amides is 1. The first-order valence-corrected chi connectivity index (χ1v) is 9.50. The fourth-order valence-corrected chi connectivity index (χ4v) is 3.42. The molecular formula is C21H28N4O3. The summed E-state index contributed by atoms with van der Waals surface area (Å²) in [6.07, 6.45) is 1.81. The van der Waals surface area contributed by atoms with Gasteiger partial charge in [-0.3, -0.25) is 9.69 Å². The molecule has 2 heterocycles. The monoisotopic (exact) mass is 384 g/mol. The fourth-order valence-electron chi connectivity index (χ4n) is 3.42. The number of piperazine rings is 1. The van der Waals surface area contributed by atoms with E-state index < -0.39 is 0 Å². The molecule has 1 aliphatic heterocycles. The Bertz CT molecular complexity index is 776. The highest BCUT2D eigenvalue weighted by Crippen LogP contribution is 2.29. The fraction of sp³-hybridized carbons (Fsp3) is 0.429. The topological polar surface area (TPSA) is 66.9 Å². The van der Waals surface area contributed by atoms with Crippen molar-refractivity contribution < 1.29 is 14.3 Å². The number of carbonyl (C=O) groups is 1. The van der Waals surface area contributed by atoms with E-state index >= 15 is 0 Å². The van der Waals surface area contributed by atoms with E-state index in [0.717, 1.165) is 49.1 Å². The first kappa shape index (κ1) is 19.9. The number of benzene rings is 1. The predicted molar refractivity (Wildman–Crippen MR) is 109 cm³/mol. The number of nitrogens with zero attached hydrogens (tertiary/aromatic N) is 3. The third kappa shape index (κ3) is 4.92. The average molecular weight is 384 g/mol. The molecular weight excluding hydrogens is 356 g/mol. The van der Waals surface area contributed by atoms with Gasteiger partial charge in [0.1, 0.15) is 17.3 Å². The minimum absolute atomic E-state index is 0.00339. The molecule has 3 rings (SSSR count). The van der Waals surface area contributed by atoms with Crippen LogP contribution in [-0.4, -0.2) is 62.7 Å². The van der Waals surface area contributed by atoms with Gasteiger partial charge >= 0.3 is 0 Å². The van der Waals surface area contributed by atoms with E-state index in [2.05, 4.69) is 20.1 Å². The van der Waals surface area contributed by atoms with Crippen molar-refractivity contribution >= 4 is 11.7 Å². The van der Waals surface area contributed by atoms with Gasteiger partial charge in [0.2, 0.25) is 5.91 Å². The standard InChI is InChI=1S/C21H28N4O3/c1-16(18-14-17(27-2)7-8-19(18)28-3)23-21(26)15-24-10-12-25(13-11-24)20-6-4-5-9-22-20/h4-9,14,16H,10-13,15H2,1-3H3,(H,23,26). The van der Waals surface area contributed by atoms with Gasteiger partial charge in [0.05, 0.1) is 26.8 Å². The zero-order chi connectivity index (χ0) is 19.9. The van der Waals surface area contributed by atoms with Gasteiger partial charge in [-0.1, -0.05) is 6.07 Å². The molecule has 0 saturated carbocycles. The Hall–Kier alpha value is -2.80. The quantitative estimate of drug-likeness (QED) is 0.789. The molecule has 0 radical (unpaired) electrons. The lowest BCUT2D eigenvalue weighted by Gasteiger charge is -2.35. The highest BCUT2D eigenvalue weighted by atomic mass is 16.5. The maximum absolute atomic E-state index is 12.5. The van der Waals surface area contributed by atoms with E-state index in [0.29, 0.717) is 6.54 Å². The van der Waals surface area contributed by atoms with Crippen molar-refractivity contribution in [2.45, 2.75) is 13.0 Å². The molecule has 1 aromatic carbocycles. The Balaban J connectivity index is 1.52. The third-order valence-electron chi connectivity index (χ3n) is 4.99. The van der Waals surface area contributed by atoms with Crippen molar-refractivity contribution in [3.8, 4) is 11.5 Å². The second-order valence-corrected chi connectivity index (χ2v) is 6.85. The summed E-state index contributed by atoms with van der Waals surface area (Å²) in [5.74, 6) is 2.47. The first-order valence-electron chi connectivity index (χ1n) is 9.50. The van der Waals surface area contributed by atoms with Gasteiger partial charge in [0, 0.05) is 37.9 Å². The molecule has 1 amide bonds. The number of pyridine rings is 1. The number of nitrogens with one attached hydrogen (secondary N) is 1. The molecule has 1 fully saturated rings. The highest BCUT2D eigenvalue weighted by molar-refractivity contribution is 5.78. The van der Waals surface area contributed by atoms with Gasteiger partial charge in [-0.15, -0.1) is 0 Å². The molecule has 28 heavy (non-hydrogen) atoms. The summed E-state index contributed by atoms with van der Waals surface area (Å²) in [5.41, 5.74) is 0.898. The zero-order valence-electron chi connectivity index (χ0n) is 16.7. The van der Waals surface area contributed by atoms with Crippen LogP contribution in [0.1, 0.15) is 18.5 Å². The van der Waals surface area contributed by atoms with Crippen LogP contribution in [-0.2, 0) is 4.79 Å². The van der Waals surface area contributed by atoms with Crippen LogP contribution < -0.4 is 19.7 Å². The summed E-state index contributed by atoms with van der Waals surface area (Å²) in [6, 6.07) is 11.4. The molecule has 0 aliphatic carbocycles. The number of methoxy groups -OCH3 is 2. The lowest BCUT2D eigenvalue weighted by atomic mass is 10.1. The van der Waals surface area contributed by atoms with E-state index in [1.54, 1.807) is 14.2 Å². The number of anilines is 1. The minimum Gasteiger partial charge on any atom is -0.497 e. The Morgan fingerprint density at radius 1 is 1.14 bits per heavy atom. The van der Waals surface area contributed by atoms with Crippen LogP contribution in [0.2, 0.25) is 0 Å². The first-order chi connectivity index (χ1) is 13.6. The molecule has 0 bridgehead atoms. The molecule has 1 saturated heterocycles.